The van der Waals surface area contributed by atoms with E-state index >= 15 is 0 Å². The van der Waals surface area contributed by atoms with Gasteiger partial charge in [-0.1, -0.05) is 30.3 Å². The second kappa shape index (κ2) is 8.25. The predicted octanol–water partition coefficient (Wildman–Crippen LogP) is 2.04. The first kappa shape index (κ1) is 17.0. The van der Waals surface area contributed by atoms with Crippen molar-refractivity contribution in [3.05, 3.63) is 35.9 Å². The van der Waals surface area contributed by atoms with E-state index in [1.165, 1.54) is 0 Å². The highest BCUT2D eigenvalue weighted by atomic mass is 35.5. The van der Waals surface area contributed by atoms with Gasteiger partial charge >= 0.3 is 0 Å². The topological polar surface area (TPSA) is 64.3 Å². The van der Waals surface area contributed by atoms with E-state index in [1.54, 1.807) is 7.11 Å². The Bertz CT molecular complexity index is 414. The molecule has 1 aromatic carbocycles. The molecule has 1 saturated carbocycles. The van der Waals surface area contributed by atoms with E-state index < -0.39 is 0 Å². The first-order valence-corrected chi connectivity index (χ1v) is 6.81. The van der Waals surface area contributed by atoms with E-state index in [0.717, 1.165) is 24.8 Å². The molecule has 0 aromatic heterocycles. The molecule has 0 radical (unpaired) electrons. The summed E-state index contributed by atoms with van der Waals surface area (Å²) in [5, 5.41) is 2.98. The molecule has 5 heteroatoms. The molecule has 3 atom stereocenters. The van der Waals surface area contributed by atoms with Gasteiger partial charge in [0, 0.05) is 25.6 Å². The Balaban J connectivity index is 0.00000200. The molecular weight excluding hydrogens is 276 g/mol. The van der Waals surface area contributed by atoms with Gasteiger partial charge in [-0.15, -0.1) is 12.4 Å². The number of nitrogens with two attached hydrogens (primary N) is 1. The maximum atomic E-state index is 12.0. The Morgan fingerprint density at radius 3 is 2.65 bits per heavy atom. The fourth-order valence-corrected chi connectivity index (χ4v) is 2.60. The van der Waals surface area contributed by atoms with Gasteiger partial charge in [-0.2, -0.15) is 0 Å². The highest BCUT2D eigenvalue weighted by Crippen LogP contribution is 2.24. The molecule has 0 aliphatic heterocycles. The lowest BCUT2D eigenvalue weighted by molar-refractivity contribution is -0.125. The SMILES string of the molecule is COC(CNC(=O)C1CCC(N)C1)c1ccccc1.Cl. The Kier molecular flexibility index (Phi) is 6.99. The lowest BCUT2D eigenvalue weighted by Gasteiger charge is -2.18. The van der Waals surface area contributed by atoms with Crippen LogP contribution < -0.4 is 11.1 Å². The second-order valence-electron chi connectivity index (χ2n) is 5.15. The van der Waals surface area contributed by atoms with E-state index in [1.807, 2.05) is 30.3 Å². The molecule has 1 aliphatic rings. The average molecular weight is 299 g/mol. The van der Waals surface area contributed by atoms with Crippen LogP contribution in [0.3, 0.4) is 0 Å². The van der Waals surface area contributed by atoms with Gasteiger partial charge in [0.1, 0.15) is 0 Å². The van der Waals surface area contributed by atoms with E-state index in [-0.39, 0.29) is 36.4 Å². The minimum atomic E-state index is -0.0970. The van der Waals surface area contributed by atoms with E-state index in [4.69, 9.17) is 10.5 Å². The third-order valence-corrected chi connectivity index (χ3v) is 3.76. The molecule has 0 saturated heterocycles. The van der Waals surface area contributed by atoms with Crippen molar-refractivity contribution in [2.24, 2.45) is 11.7 Å². The summed E-state index contributed by atoms with van der Waals surface area (Å²) in [7, 11) is 1.66. The number of halogens is 1. The first-order valence-electron chi connectivity index (χ1n) is 6.81. The number of carbonyl (C=O) groups excluding carboxylic acids is 1. The molecule has 1 aromatic rings. The maximum Gasteiger partial charge on any atom is 0.223 e. The second-order valence-corrected chi connectivity index (χ2v) is 5.15. The van der Waals surface area contributed by atoms with Crippen LogP contribution in [0.4, 0.5) is 0 Å². The highest BCUT2D eigenvalue weighted by Gasteiger charge is 2.27. The lowest BCUT2D eigenvalue weighted by Crippen LogP contribution is -2.34. The fourth-order valence-electron chi connectivity index (χ4n) is 2.60. The van der Waals surface area contributed by atoms with Crippen molar-refractivity contribution in [1.82, 2.24) is 5.32 Å². The monoisotopic (exact) mass is 298 g/mol. The van der Waals surface area contributed by atoms with Crippen LogP contribution in [0.2, 0.25) is 0 Å². The molecule has 4 nitrogen and oxygen atoms in total. The third-order valence-electron chi connectivity index (χ3n) is 3.76. The number of ether oxygens (including phenoxy) is 1. The minimum absolute atomic E-state index is 0. The standard InChI is InChI=1S/C15H22N2O2.ClH/c1-19-14(11-5-3-2-4-6-11)10-17-15(18)12-7-8-13(16)9-12;/h2-6,12-14H,7-10,16H2,1H3,(H,17,18);1H. The van der Waals surface area contributed by atoms with Crippen molar-refractivity contribution in [1.29, 1.82) is 0 Å². The van der Waals surface area contributed by atoms with Crippen LogP contribution in [-0.2, 0) is 9.53 Å². The number of nitrogens with one attached hydrogen (secondary N) is 1. The largest absolute Gasteiger partial charge is 0.375 e. The van der Waals surface area contributed by atoms with E-state index in [9.17, 15) is 4.79 Å². The zero-order valence-electron chi connectivity index (χ0n) is 11.7. The summed E-state index contributed by atoms with van der Waals surface area (Å²) >= 11 is 0. The summed E-state index contributed by atoms with van der Waals surface area (Å²) in [5.74, 6) is 0.175. The molecule has 0 spiro atoms. The molecule has 20 heavy (non-hydrogen) atoms. The molecule has 0 bridgehead atoms. The summed E-state index contributed by atoms with van der Waals surface area (Å²) < 4.78 is 5.43. The third kappa shape index (κ3) is 4.47. The maximum absolute atomic E-state index is 12.0. The molecule has 1 amide bonds. The van der Waals surface area contributed by atoms with E-state index in [2.05, 4.69) is 5.32 Å². The zero-order chi connectivity index (χ0) is 13.7. The van der Waals surface area contributed by atoms with Crippen LogP contribution in [0.15, 0.2) is 30.3 Å². The number of amides is 1. The van der Waals surface area contributed by atoms with E-state index in [0.29, 0.717) is 6.54 Å². The molecular formula is C15H23ClN2O2. The molecule has 112 valence electrons. The number of benzene rings is 1. The van der Waals surface area contributed by atoms with Crippen LogP contribution in [0.25, 0.3) is 0 Å². The smallest absolute Gasteiger partial charge is 0.223 e. The number of hydrogen-bond acceptors (Lipinski definition) is 3. The van der Waals surface area contributed by atoms with Gasteiger partial charge in [0.2, 0.25) is 5.91 Å². The van der Waals surface area contributed by atoms with Crippen LogP contribution in [0, 0.1) is 5.92 Å². The summed E-state index contributed by atoms with van der Waals surface area (Å²) in [6.45, 7) is 0.505. The summed E-state index contributed by atoms with van der Waals surface area (Å²) in [5.41, 5.74) is 6.91. The van der Waals surface area contributed by atoms with Gasteiger partial charge in [-0.3, -0.25) is 4.79 Å². The number of rotatable bonds is 5. The predicted molar refractivity (Wildman–Crippen MR) is 81.8 cm³/mol. The molecule has 1 aliphatic carbocycles. The van der Waals surface area contributed by atoms with Gasteiger partial charge in [-0.25, -0.2) is 0 Å². The number of carbonyl (C=O) groups is 1. The summed E-state index contributed by atoms with van der Waals surface area (Å²) in [4.78, 5) is 12.0. The van der Waals surface area contributed by atoms with Gasteiger partial charge in [0.15, 0.2) is 0 Å². The van der Waals surface area contributed by atoms with Crippen molar-refractivity contribution >= 4 is 18.3 Å². The van der Waals surface area contributed by atoms with Crippen molar-refractivity contribution in [2.75, 3.05) is 13.7 Å². The molecule has 0 heterocycles. The lowest BCUT2D eigenvalue weighted by atomic mass is 10.1. The average Bonchev–Trinajstić information content (AvgIpc) is 2.87. The van der Waals surface area contributed by atoms with Crippen LogP contribution in [0.5, 0.6) is 0 Å². The quantitative estimate of drug-likeness (QED) is 0.874. The number of methoxy groups -OCH3 is 1. The van der Waals surface area contributed by atoms with Crippen molar-refractivity contribution < 1.29 is 9.53 Å². The van der Waals surface area contributed by atoms with Crippen LogP contribution in [-0.4, -0.2) is 25.6 Å². The summed E-state index contributed by atoms with van der Waals surface area (Å²) in [6.07, 6.45) is 2.55. The van der Waals surface area contributed by atoms with Crippen LogP contribution in [0.1, 0.15) is 30.9 Å². The van der Waals surface area contributed by atoms with Gasteiger partial charge in [-0.05, 0) is 24.8 Å². The first-order chi connectivity index (χ1) is 9.20. The number of hydrogen-bond donors (Lipinski definition) is 2. The van der Waals surface area contributed by atoms with Gasteiger partial charge < -0.3 is 15.8 Å². The Hall–Kier alpha value is -1.10. The van der Waals surface area contributed by atoms with Gasteiger partial charge in [0.05, 0.1) is 6.10 Å². The minimum Gasteiger partial charge on any atom is -0.375 e. The molecule has 2 rings (SSSR count). The van der Waals surface area contributed by atoms with Crippen LogP contribution >= 0.6 is 12.4 Å². The Morgan fingerprint density at radius 1 is 1.40 bits per heavy atom. The van der Waals surface area contributed by atoms with Crippen molar-refractivity contribution in [2.45, 2.75) is 31.4 Å². The highest BCUT2D eigenvalue weighted by molar-refractivity contribution is 5.85. The van der Waals surface area contributed by atoms with Crippen molar-refractivity contribution in [3.63, 3.8) is 0 Å². The molecule has 1 fully saturated rings. The fraction of sp³-hybridized carbons (Fsp3) is 0.533. The molecule has 3 N–H and O–H groups in total. The van der Waals surface area contributed by atoms with Crippen molar-refractivity contribution in [3.8, 4) is 0 Å². The Morgan fingerprint density at radius 2 is 2.10 bits per heavy atom. The normalized spacial score (nSPS) is 22.9. The summed E-state index contributed by atoms with van der Waals surface area (Å²) in [6, 6.07) is 10.1. The Labute approximate surface area is 126 Å². The zero-order valence-corrected chi connectivity index (χ0v) is 12.6. The van der Waals surface area contributed by atoms with Gasteiger partial charge in [0.25, 0.3) is 0 Å². The molecule has 3 unspecified atom stereocenters.